The minimum atomic E-state index is -1.01. The zero-order chi connectivity index (χ0) is 13.3. The van der Waals surface area contributed by atoms with Crippen molar-refractivity contribution in [3.63, 3.8) is 0 Å². The molecule has 90 valence electrons. The normalized spacial score (nSPS) is 10.2. The second-order valence-electron chi connectivity index (χ2n) is 3.52. The van der Waals surface area contributed by atoms with Gasteiger partial charge in [0.1, 0.15) is 17.5 Å². The van der Waals surface area contributed by atoms with Crippen molar-refractivity contribution in [3.05, 3.63) is 64.2 Å². The van der Waals surface area contributed by atoms with E-state index in [4.69, 9.17) is 18.2 Å². The maximum Gasteiger partial charge on any atom is 0.205 e. The molecule has 0 aliphatic carbocycles. The van der Waals surface area contributed by atoms with Gasteiger partial charge in [-0.25, -0.2) is 18.0 Å². The fraction of sp³-hybridized carbons (Fsp3) is 0. The minimum Gasteiger partial charge on any atom is -0.237 e. The molecule has 0 spiro atoms. The van der Waals surface area contributed by atoms with E-state index >= 15 is 0 Å². The third-order valence-electron chi connectivity index (χ3n) is 2.36. The first-order chi connectivity index (χ1) is 8.52. The van der Waals surface area contributed by atoms with E-state index in [-0.39, 0.29) is 21.8 Å². The third kappa shape index (κ3) is 2.18. The van der Waals surface area contributed by atoms with E-state index in [1.54, 1.807) is 0 Å². The quantitative estimate of drug-likeness (QED) is 0.642. The summed E-state index contributed by atoms with van der Waals surface area (Å²) in [6.45, 7) is 6.82. The van der Waals surface area contributed by atoms with Crippen molar-refractivity contribution in [2.24, 2.45) is 0 Å². The van der Waals surface area contributed by atoms with Crippen molar-refractivity contribution in [1.29, 1.82) is 0 Å². The minimum absolute atomic E-state index is 0.0885. The summed E-state index contributed by atoms with van der Waals surface area (Å²) in [4.78, 5) is 3.13. The van der Waals surface area contributed by atoms with Crippen LogP contribution < -0.4 is 0 Å². The summed E-state index contributed by atoms with van der Waals surface area (Å²) >= 11 is 5.78. The van der Waals surface area contributed by atoms with Crippen molar-refractivity contribution in [3.8, 4) is 11.1 Å². The maximum atomic E-state index is 13.5. The highest BCUT2D eigenvalue weighted by Crippen LogP contribution is 2.33. The van der Waals surface area contributed by atoms with E-state index in [0.717, 1.165) is 0 Å². The lowest BCUT2D eigenvalue weighted by atomic mass is 10.0. The second kappa shape index (κ2) is 4.71. The summed E-state index contributed by atoms with van der Waals surface area (Å²) in [5.74, 6) is -3.02. The van der Waals surface area contributed by atoms with Gasteiger partial charge in [-0.3, -0.25) is 0 Å². The lowest BCUT2D eigenvalue weighted by Gasteiger charge is -2.06. The molecule has 0 saturated heterocycles. The Hall–Kier alpha value is -1.99. The Balaban J connectivity index is 2.63. The third-order valence-corrected chi connectivity index (χ3v) is 2.67. The molecule has 0 saturated carbocycles. The number of hydrogen-bond donors (Lipinski definition) is 0. The summed E-state index contributed by atoms with van der Waals surface area (Å²) in [5, 5.41) is 0.0885. The van der Waals surface area contributed by atoms with Crippen LogP contribution in [0, 0.1) is 24.0 Å². The molecule has 1 nitrogen and oxygen atoms in total. The zero-order valence-corrected chi connectivity index (χ0v) is 9.60. The van der Waals surface area contributed by atoms with Gasteiger partial charge in [0.15, 0.2) is 0 Å². The van der Waals surface area contributed by atoms with Gasteiger partial charge in [0.25, 0.3) is 0 Å². The van der Waals surface area contributed by atoms with Crippen LogP contribution in [0.3, 0.4) is 0 Å². The van der Waals surface area contributed by atoms with Gasteiger partial charge in [0.05, 0.1) is 12.1 Å². The highest BCUT2D eigenvalue weighted by Gasteiger charge is 2.14. The van der Waals surface area contributed by atoms with Gasteiger partial charge < -0.3 is 0 Å². The Kier molecular flexibility index (Phi) is 3.26. The van der Waals surface area contributed by atoms with Crippen molar-refractivity contribution in [1.82, 2.24) is 0 Å². The Morgan fingerprint density at radius 1 is 1.00 bits per heavy atom. The molecule has 0 aromatic heterocycles. The van der Waals surface area contributed by atoms with Crippen LogP contribution in [-0.4, -0.2) is 0 Å². The van der Waals surface area contributed by atoms with Gasteiger partial charge in [0, 0.05) is 17.2 Å². The predicted molar refractivity (Wildman–Crippen MR) is 63.0 cm³/mol. The van der Waals surface area contributed by atoms with Crippen LogP contribution in [0.4, 0.5) is 18.9 Å². The van der Waals surface area contributed by atoms with Crippen molar-refractivity contribution in [2.75, 3.05) is 0 Å². The molecule has 0 atom stereocenters. The van der Waals surface area contributed by atoms with Gasteiger partial charge in [-0.05, 0) is 11.6 Å². The van der Waals surface area contributed by atoms with Crippen LogP contribution in [0.1, 0.15) is 0 Å². The summed E-state index contributed by atoms with van der Waals surface area (Å²) in [6.07, 6.45) is 0. The molecule has 5 heteroatoms. The van der Waals surface area contributed by atoms with E-state index in [2.05, 4.69) is 4.85 Å². The van der Waals surface area contributed by atoms with Gasteiger partial charge >= 0.3 is 0 Å². The summed E-state index contributed by atoms with van der Waals surface area (Å²) in [7, 11) is 0. The molecule has 2 rings (SSSR count). The molecule has 0 heterocycles. The number of nitrogens with zero attached hydrogens (tertiary/aromatic N) is 1. The molecule has 0 N–H and O–H groups in total. The van der Waals surface area contributed by atoms with Gasteiger partial charge in [-0.1, -0.05) is 23.7 Å². The topological polar surface area (TPSA) is 4.36 Å². The standard InChI is InChI=1S/C13H5ClF3N/c1-18-12-3-2-7(4-9(12)14)13-10(16)5-8(15)6-11(13)17/h2-6H. The zero-order valence-electron chi connectivity index (χ0n) is 8.85. The van der Waals surface area contributed by atoms with Gasteiger partial charge in [-0.2, -0.15) is 0 Å². The Bertz CT molecular complexity index is 639. The monoisotopic (exact) mass is 267 g/mol. The molecule has 0 aliphatic heterocycles. The first-order valence-electron chi connectivity index (χ1n) is 4.85. The second-order valence-corrected chi connectivity index (χ2v) is 3.93. The molecule has 2 aromatic carbocycles. The smallest absolute Gasteiger partial charge is 0.205 e. The van der Waals surface area contributed by atoms with Crippen LogP contribution in [0.25, 0.3) is 16.0 Å². The molecule has 2 aromatic rings. The van der Waals surface area contributed by atoms with Crippen molar-refractivity contribution in [2.45, 2.75) is 0 Å². The molecule has 0 unspecified atom stereocenters. The van der Waals surface area contributed by atoms with Crippen LogP contribution in [0.15, 0.2) is 30.3 Å². The van der Waals surface area contributed by atoms with E-state index in [1.165, 1.54) is 18.2 Å². The van der Waals surface area contributed by atoms with E-state index in [0.29, 0.717) is 12.1 Å². The predicted octanol–water partition coefficient (Wildman–Crippen LogP) is 4.98. The average molecular weight is 268 g/mol. The van der Waals surface area contributed by atoms with Crippen LogP contribution in [-0.2, 0) is 0 Å². The average Bonchev–Trinajstić information content (AvgIpc) is 2.27. The van der Waals surface area contributed by atoms with E-state index < -0.39 is 17.5 Å². The summed E-state index contributed by atoms with van der Waals surface area (Å²) < 4.78 is 39.8. The lowest BCUT2D eigenvalue weighted by molar-refractivity contribution is 0.548. The molecule has 0 amide bonds. The first-order valence-corrected chi connectivity index (χ1v) is 5.22. The van der Waals surface area contributed by atoms with Crippen molar-refractivity contribution >= 4 is 17.3 Å². The van der Waals surface area contributed by atoms with E-state index in [1.807, 2.05) is 0 Å². The molecular weight excluding hydrogens is 263 g/mol. The number of hydrogen-bond acceptors (Lipinski definition) is 0. The van der Waals surface area contributed by atoms with Crippen molar-refractivity contribution < 1.29 is 13.2 Å². The SMILES string of the molecule is [C-]#[N+]c1ccc(-c2c(F)cc(F)cc2F)cc1Cl. The fourth-order valence-corrected chi connectivity index (χ4v) is 1.79. The highest BCUT2D eigenvalue weighted by atomic mass is 35.5. The first kappa shape index (κ1) is 12.5. The van der Waals surface area contributed by atoms with E-state index in [9.17, 15) is 13.2 Å². The maximum absolute atomic E-state index is 13.5. The molecule has 0 bridgehead atoms. The lowest BCUT2D eigenvalue weighted by Crippen LogP contribution is -1.92. The summed E-state index contributed by atoms with van der Waals surface area (Å²) in [6, 6.07) is 5.17. The van der Waals surface area contributed by atoms with Gasteiger partial charge in [-0.15, -0.1) is 0 Å². The number of rotatable bonds is 1. The van der Waals surface area contributed by atoms with Crippen LogP contribution >= 0.6 is 11.6 Å². The summed E-state index contributed by atoms with van der Waals surface area (Å²) in [5.41, 5.74) is -0.0272. The molecule has 0 aliphatic rings. The molecule has 0 fully saturated rings. The fourth-order valence-electron chi connectivity index (χ4n) is 1.57. The largest absolute Gasteiger partial charge is 0.237 e. The Labute approximate surface area is 106 Å². The Morgan fingerprint density at radius 3 is 2.11 bits per heavy atom. The molecule has 0 radical (unpaired) electrons. The number of benzene rings is 2. The van der Waals surface area contributed by atoms with Crippen LogP contribution in [0.5, 0.6) is 0 Å². The highest BCUT2D eigenvalue weighted by molar-refractivity contribution is 6.33. The van der Waals surface area contributed by atoms with Crippen LogP contribution in [0.2, 0.25) is 5.02 Å². The Morgan fingerprint density at radius 2 is 1.61 bits per heavy atom. The molecule has 18 heavy (non-hydrogen) atoms. The van der Waals surface area contributed by atoms with Gasteiger partial charge in [0.2, 0.25) is 5.69 Å². The number of halogens is 4. The molecular formula is C13H5ClF3N.